The lowest BCUT2D eigenvalue weighted by Gasteiger charge is -2.42. The van der Waals surface area contributed by atoms with Gasteiger partial charge in [0.2, 0.25) is 0 Å². The summed E-state index contributed by atoms with van der Waals surface area (Å²) in [4.78, 5) is 6.86. The molecule has 30 heavy (non-hydrogen) atoms. The van der Waals surface area contributed by atoms with Gasteiger partial charge in [-0.25, -0.2) is 4.39 Å². The van der Waals surface area contributed by atoms with Crippen molar-refractivity contribution in [2.45, 2.75) is 50.0 Å². The van der Waals surface area contributed by atoms with Gasteiger partial charge in [0.15, 0.2) is 0 Å². The third kappa shape index (κ3) is 3.24. The Kier molecular flexibility index (Phi) is 4.58. The van der Waals surface area contributed by atoms with Crippen LogP contribution >= 0.6 is 11.6 Å². The van der Waals surface area contributed by atoms with Crippen molar-refractivity contribution in [1.29, 1.82) is 0 Å². The number of pyridine rings is 1. The van der Waals surface area contributed by atoms with E-state index in [1.807, 2.05) is 24.7 Å². The maximum absolute atomic E-state index is 15.0. The van der Waals surface area contributed by atoms with Crippen LogP contribution in [-0.2, 0) is 11.2 Å². The van der Waals surface area contributed by atoms with E-state index in [0.29, 0.717) is 18.6 Å². The zero-order chi connectivity index (χ0) is 20.2. The maximum Gasteiger partial charge on any atom is 0.135 e. The number of piperidine rings is 1. The number of halogens is 2. The van der Waals surface area contributed by atoms with Crippen molar-refractivity contribution in [3.63, 3.8) is 0 Å². The third-order valence-corrected chi connectivity index (χ3v) is 7.07. The van der Waals surface area contributed by atoms with Gasteiger partial charge in [-0.3, -0.25) is 14.6 Å². The van der Waals surface area contributed by atoms with Crippen LogP contribution in [0.3, 0.4) is 0 Å². The van der Waals surface area contributed by atoms with Crippen molar-refractivity contribution >= 4 is 22.3 Å². The molecule has 0 amide bonds. The summed E-state index contributed by atoms with van der Waals surface area (Å²) in [6.07, 6.45) is 10.6. The molecule has 3 fully saturated rings. The first-order valence-corrected chi connectivity index (χ1v) is 11.2. The molecule has 6 nitrogen and oxygen atoms in total. The number of anilines is 1. The van der Waals surface area contributed by atoms with Crippen LogP contribution < -0.4 is 5.32 Å². The second-order valence-electron chi connectivity index (χ2n) is 8.81. The van der Waals surface area contributed by atoms with Crippen molar-refractivity contribution in [3.05, 3.63) is 35.9 Å². The molecule has 8 heteroatoms. The van der Waals surface area contributed by atoms with E-state index in [0.717, 1.165) is 65.7 Å². The Hall–Kier alpha value is -1.96. The molecule has 0 spiro atoms. The van der Waals surface area contributed by atoms with Crippen LogP contribution in [0.5, 0.6) is 0 Å². The molecule has 6 rings (SSSR count). The number of hydrogen-bond donors (Lipinski definition) is 1. The molecular formula is C22H25ClFN5O. The molecule has 1 saturated carbocycles. The summed E-state index contributed by atoms with van der Waals surface area (Å²) in [7, 11) is 0. The Bertz CT molecular complexity index is 999. The van der Waals surface area contributed by atoms with E-state index in [4.69, 9.17) is 16.3 Å². The highest BCUT2D eigenvalue weighted by molar-refractivity contribution is 6.50. The number of nitrogens with one attached hydrogen (secondary N) is 1. The molecule has 2 saturated heterocycles. The van der Waals surface area contributed by atoms with Crippen molar-refractivity contribution in [2.24, 2.45) is 0 Å². The predicted molar refractivity (Wildman–Crippen MR) is 114 cm³/mol. The number of nitrogens with zero attached hydrogens (tertiary/aromatic N) is 4. The first-order valence-electron chi connectivity index (χ1n) is 10.8. The van der Waals surface area contributed by atoms with Crippen LogP contribution in [0.4, 0.5) is 10.1 Å². The number of rotatable bonds is 5. The normalized spacial score (nSPS) is 26.9. The van der Waals surface area contributed by atoms with E-state index in [-0.39, 0.29) is 6.04 Å². The Morgan fingerprint density at radius 2 is 2.07 bits per heavy atom. The van der Waals surface area contributed by atoms with Gasteiger partial charge in [0, 0.05) is 59.7 Å². The van der Waals surface area contributed by atoms with Crippen LogP contribution in [0.25, 0.3) is 16.2 Å². The quantitative estimate of drug-likeness (QED) is 0.786. The monoisotopic (exact) mass is 429 g/mol. The summed E-state index contributed by atoms with van der Waals surface area (Å²) < 4.78 is 22.1. The number of fused-ring (bicyclic) bond motifs is 1. The number of hydrogen-bond acceptors (Lipinski definition) is 5. The molecule has 0 aromatic carbocycles. The Balaban J connectivity index is 1.28. The fraction of sp³-hybridized carbons (Fsp3) is 0.545. The van der Waals surface area contributed by atoms with Gasteiger partial charge in [0.05, 0.1) is 42.9 Å². The minimum absolute atomic E-state index is 0.235. The minimum Gasteiger partial charge on any atom is -0.381 e. The number of likely N-dealkylation sites (tertiary alicyclic amines) is 1. The van der Waals surface area contributed by atoms with Gasteiger partial charge in [0.25, 0.3) is 0 Å². The molecule has 158 valence electrons. The zero-order valence-corrected chi connectivity index (χ0v) is 17.5. The second-order valence-corrected chi connectivity index (χ2v) is 9.22. The van der Waals surface area contributed by atoms with Gasteiger partial charge < -0.3 is 10.1 Å². The second kappa shape index (κ2) is 7.32. The summed E-state index contributed by atoms with van der Waals surface area (Å²) in [5, 5.41) is 8.95. The van der Waals surface area contributed by atoms with Crippen molar-refractivity contribution in [1.82, 2.24) is 19.7 Å². The molecule has 0 bridgehead atoms. The fourth-order valence-electron chi connectivity index (χ4n) is 4.69. The molecule has 2 aliphatic carbocycles. The smallest absolute Gasteiger partial charge is 0.135 e. The summed E-state index contributed by atoms with van der Waals surface area (Å²) in [5.41, 5.74) is 4.99. The first-order chi connectivity index (χ1) is 14.7. The Morgan fingerprint density at radius 1 is 1.20 bits per heavy atom. The fourth-order valence-corrected chi connectivity index (χ4v) is 4.97. The van der Waals surface area contributed by atoms with Gasteiger partial charge in [-0.05, 0) is 19.3 Å². The van der Waals surface area contributed by atoms with Crippen molar-refractivity contribution in [3.8, 4) is 11.1 Å². The van der Waals surface area contributed by atoms with Crippen LogP contribution in [0.1, 0.15) is 36.6 Å². The average Bonchev–Trinajstić information content (AvgIpc) is 3.23. The molecule has 4 aliphatic rings. The number of ether oxygens (including phenoxy) is 1. The third-order valence-electron chi connectivity index (χ3n) is 6.72. The number of allylic oxidation sites excluding steroid dienone is 1. The van der Waals surface area contributed by atoms with Gasteiger partial charge in [-0.2, -0.15) is 5.10 Å². The van der Waals surface area contributed by atoms with Crippen LogP contribution in [0.2, 0.25) is 0 Å². The van der Waals surface area contributed by atoms with E-state index in [9.17, 15) is 0 Å². The SMILES string of the molecule is F[C@H]1CN(C2COC2)CC[C@@H]1n1cc(-c2cnc3c(c2NC2CC2)C(Cl)=CC3)cn1. The predicted octanol–water partition coefficient (Wildman–Crippen LogP) is 3.64. The molecule has 0 unspecified atom stereocenters. The van der Waals surface area contributed by atoms with E-state index in [2.05, 4.69) is 20.3 Å². The highest BCUT2D eigenvalue weighted by Crippen LogP contribution is 2.43. The molecule has 0 radical (unpaired) electrons. The lowest BCUT2D eigenvalue weighted by molar-refractivity contribution is -0.0847. The van der Waals surface area contributed by atoms with Crippen molar-refractivity contribution in [2.75, 3.05) is 31.6 Å². The highest BCUT2D eigenvalue weighted by Gasteiger charge is 2.36. The lowest BCUT2D eigenvalue weighted by Crippen LogP contribution is -2.55. The topological polar surface area (TPSA) is 55.2 Å². The Labute approximate surface area is 180 Å². The van der Waals surface area contributed by atoms with Crippen LogP contribution in [0, 0.1) is 0 Å². The largest absolute Gasteiger partial charge is 0.381 e. The minimum atomic E-state index is -0.938. The average molecular weight is 430 g/mol. The molecule has 2 aromatic rings. The van der Waals surface area contributed by atoms with E-state index in [1.54, 1.807) is 4.68 Å². The molecule has 2 aromatic heterocycles. The van der Waals surface area contributed by atoms with Gasteiger partial charge in [0.1, 0.15) is 6.17 Å². The van der Waals surface area contributed by atoms with Crippen molar-refractivity contribution < 1.29 is 9.13 Å². The number of alkyl halides is 1. The standard InChI is InChI=1S/C22H25ClFN5O/c23-17-3-4-19-21(17)22(27-14-1-2-14)16(8-25-19)13-7-26-29(9-13)20-5-6-28(10-18(20)24)15-11-30-12-15/h3,7-9,14-15,18,20H,1-2,4-6,10-12H2,(H,25,27)/t18-,20-/m0/s1. The molecule has 2 atom stereocenters. The van der Waals surface area contributed by atoms with Gasteiger partial charge in [-0.15, -0.1) is 0 Å². The summed E-state index contributed by atoms with van der Waals surface area (Å²) in [6, 6.07) is 0.635. The number of aromatic nitrogens is 3. The van der Waals surface area contributed by atoms with Gasteiger partial charge in [-0.1, -0.05) is 17.7 Å². The van der Waals surface area contributed by atoms with E-state index < -0.39 is 6.17 Å². The lowest BCUT2D eigenvalue weighted by atomic mass is 10.0. The molecule has 2 aliphatic heterocycles. The van der Waals surface area contributed by atoms with Crippen LogP contribution in [-0.4, -0.2) is 64.2 Å². The molecule has 4 heterocycles. The van der Waals surface area contributed by atoms with E-state index >= 15 is 4.39 Å². The molecular weight excluding hydrogens is 405 g/mol. The summed E-state index contributed by atoms with van der Waals surface area (Å²) in [6.45, 7) is 2.78. The summed E-state index contributed by atoms with van der Waals surface area (Å²) in [5.74, 6) is 0. The molecule has 1 N–H and O–H groups in total. The zero-order valence-electron chi connectivity index (χ0n) is 16.7. The van der Waals surface area contributed by atoms with E-state index in [1.165, 1.54) is 12.8 Å². The summed E-state index contributed by atoms with van der Waals surface area (Å²) >= 11 is 6.51. The first kappa shape index (κ1) is 18.8. The Morgan fingerprint density at radius 3 is 2.80 bits per heavy atom. The maximum atomic E-state index is 15.0. The highest BCUT2D eigenvalue weighted by atomic mass is 35.5. The van der Waals surface area contributed by atoms with Crippen LogP contribution in [0.15, 0.2) is 24.7 Å². The van der Waals surface area contributed by atoms with Gasteiger partial charge >= 0.3 is 0 Å².